The van der Waals surface area contributed by atoms with Gasteiger partial charge in [-0.05, 0) is 12.1 Å². The molecule has 0 bridgehead atoms. The molecule has 0 saturated carbocycles. The van der Waals surface area contributed by atoms with Crippen molar-refractivity contribution in [1.29, 1.82) is 0 Å². The zero-order valence-electron chi connectivity index (χ0n) is 10.9. The Kier molecular flexibility index (Phi) is 3.76. The molecule has 0 fully saturated rings. The minimum atomic E-state index is -2.60. The van der Waals surface area contributed by atoms with E-state index in [-0.39, 0.29) is 11.6 Å². The number of rotatable bonds is 4. The fourth-order valence-corrected chi connectivity index (χ4v) is 2.54. The van der Waals surface area contributed by atoms with Crippen LogP contribution in [-0.4, -0.2) is 32.6 Å². The Hall–Kier alpha value is -2.48. The topological polar surface area (TPSA) is 76.4 Å². The predicted octanol–water partition coefficient (Wildman–Crippen LogP) is 3.42. The van der Waals surface area contributed by atoms with E-state index in [2.05, 4.69) is 15.4 Å². The van der Waals surface area contributed by atoms with Crippen molar-refractivity contribution < 1.29 is 18.4 Å². The third-order valence-electron chi connectivity index (χ3n) is 3.14. The van der Waals surface area contributed by atoms with E-state index in [1.807, 2.05) is 0 Å². The highest BCUT2D eigenvalue weighted by molar-refractivity contribution is 6.31. The Bertz CT molecular complexity index is 830. The highest BCUT2D eigenvalue weighted by atomic mass is 35.5. The first-order valence-corrected chi connectivity index (χ1v) is 6.53. The molecule has 0 spiro atoms. The minimum absolute atomic E-state index is 0.0443. The molecule has 0 unspecified atom stereocenters. The van der Waals surface area contributed by atoms with Crippen molar-refractivity contribution in [2.24, 2.45) is 5.16 Å². The predicted molar refractivity (Wildman–Crippen MR) is 75.6 cm³/mol. The van der Waals surface area contributed by atoms with Crippen LogP contribution in [0.15, 0.2) is 34.2 Å². The summed E-state index contributed by atoms with van der Waals surface area (Å²) < 4.78 is 32.4. The molecular formula is C13H9ClF2N4O2. The quantitative estimate of drug-likeness (QED) is 0.453. The molecule has 1 aromatic carbocycles. The van der Waals surface area contributed by atoms with Gasteiger partial charge >= 0.3 is 0 Å². The third-order valence-corrected chi connectivity index (χ3v) is 3.37. The number of nitrogens with zero attached hydrogens (tertiary/aromatic N) is 4. The van der Waals surface area contributed by atoms with E-state index in [0.29, 0.717) is 21.5 Å². The van der Waals surface area contributed by atoms with Crippen molar-refractivity contribution in [3.63, 3.8) is 0 Å². The molecule has 0 aliphatic heterocycles. The molecule has 0 aliphatic rings. The normalized spacial score (nSPS) is 12.0. The lowest BCUT2D eigenvalue weighted by atomic mass is 10.1. The fourth-order valence-electron chi connectivity index (χ4n) is 2.37. The highest BCUT2D eigenvalue weighted by Crippen LogP contribution is 2.34. The van der Waals surface area contributed by atoms with Crippen molar-refractivity contribution in [2.75, 3.05) is 0 Å². The van der Waals surface area contributed by atoms with Gasteiger partial charge in [-0.2, -0.15) is 0 Å². The average Bonchev–Trinajstić information content (AvgIpc) is 3.07. The number of alkyl halides is 2. The van der Waals surface area contributed by atoms with Gasteiger partial charge in [0.2, 0.25) is 6.39 Å². The van der Waals surface area contributed by atoms with Crippen molar-refractivity contribution in [3.8, 4) is 11.6 Å². The van der Waals surface area contributed by atoms with Gasteiger partial charge in [-0.15, -0.1) is 10.2 Å². The molecule has 9 heteroatoms. The van der Waals surface area contributed by atoms with Crippen molar-refractivity contribution in [2.45, 2.75) is 13.0 Å². The lowest BCUT2D eigenvalue weighted by molar-refractivity contribution is 0.128. The summed E-state index contributed by atoms with van der Waals surface area (Å²) in [5.74, 6) is 0.0443. The molecule has 0 aliphatic carbocycles. The maximum absolute atomic E-state index is 13.0. The monoisotopic (exact) mass is 326 g/mol. The van der Waals surface area contributed by atoms with E-state index >= 15 is 0 Å². The second-order valence-corrected chi connectivity index (χ2v) is 4.85. The van der Waals surface area contributed by atoms with Crippen LogP contribution >= 0.6 is 11.6 Å². The van der Waals surface area contributed by atoms with Gasteiger partial charge in [0.1, 0.15) is 5.69 Å². The van der Waals surface area contributed by atoms with Crippen LogP contribution in [0, 0.1) is 0 Å². The molecule has 1 N–H and O–H groups in total. The first-order chi connectivity index (χ1) is 10.6. The van der Waals surface area contributed by atoms with E-state index in [0.717, 1.165) is 12.6 Å². The second kappa shape index (κ2) is 5.72. The van der Waals surface area contributed by atoms with Gasteiger partial charge in [0.05, 0.1) is 18.3 Å². The summed E-state index contributed by atoms with van der Waals surface area (Å²) in [6, 6.07) is 4.81. The lowest BCUT2D eigenvalue weighted by Crippen LogP contribution is -2.08. The summed E-state index contributed by atoms with van der Waals surface area (Å²) in [6.45, 7) is -0.589. The number of halogens is 3. The number of benzene rings is 1. The van der Waals surface area contributed by atoms with Crippen LogP contribution < -0.4 is 0 Å². The number of hydrogen-bond donors (Lipinski definition) is 1. The first-order valence-electron chi connectivity index (χ1n) is 6.15. The van der Waals surface area contributed by atoms with Gasteiger partial charge in [-0.25, -0.2) is 8.78 Å². The molecule has 2 heterocycles. The van der Waals surface area contributed by atoms with Gasteiger partial charge in [0.25, 0.3) is 12.3 Å². The minimum Gasteiger partial charge on any atom is -0.422 e. The lowest BCUT2D eigenvalue weighted by Gasteiger charge is -2.08. The van der Waals surface area contributed by atoms with Crippen LogP contribution in [0.25, 0.3) is 22.5 Å². The fraction of sp³-hybridized carbons (Fsp3) is 0.154. The standard InChI is InChI=1S/C13H9ClF2N4O2/c14-7-1-2-8-9(4-18-21)12(13-19-17-6-22-13)20(5-11(15)16)10(8)3-7/h1-4,6,11,21H,5H2/b18-4+. The largest absolute Gasteiger partial charge is 0.422 e. The maximum Gasteiger partial charge on any atom is 0.264 e. The smallest absolute Gasteiger partial charge is 0.264 e. The van der Waals surface area contributed by atoms with Gasteiger partial charge in [-0.3, -0.25) is 0 Å². The van der Waals surface area contributed by atoms with Crippen LogP contribution in [0.1, 0.15) is 5.56 Å². The number of oxime groups is 1. The SMILES string of the molecule is O/N=C/c1c(-c2nnco2)n(CC(F)F)c2cc(Cl)ccc12. The summed E-state index contributed by atoms with van der Waals surface area (Å²) in [7, 11) is 0. The summed E-state index contributed by atoms with van der Waals surface area (Å²) in [5, 5.41) is 20.1. The second-order valence-electron chi connectivity index (χ2n) is 4.41. The summed E-state index contributed by atoms with van der Waals surface area (Å²) >= 11 is 5.96. The van der Waals surface area contributed by atoms with E-state index in [1.54, 1.807) is 18.2 Å². The Balaban J connectivity index is 2.40. The molecule has 3 aromatic rings. The molecular weight excluding hydrogens is 318 g/mol. The molecule has 114 valence electrons. The molecule has 22 heavy (non-hydrogen) atoms. The van der Waals surface area contributed by atoms with Crippen molar-refractivity contribution in [1.82, 2.24) is 14.8 Å². The summed E-state index contributed by atoms with van der Waals surface area (Å²) in [4.78, 5) is 0. The number of aromatic nitrogens is 3. The van der Waals surface area contributed by atoms with Crippen LogP contribution in [-0.2, 0) is 6.54 Å². The van der Waals surface area contributed by atoms with Crippen LogP contribution in [0.4, 0.5) is 8.78 Å². The van der Waals surface area contributed by atoms with Crippen LogP contribution in [0.2, 0.25) is 5.02 Å². The van der Waals surface area contributed by atoms with Gasteiger partial charge in [0, 0.05) is 16.0 Å². The molecule has 6 nitrogen and oxygen atoms in total. The Morgan fingerprint density at radius 1 is 1.45 bits per heavy atom. The van der Waals surface area contributed by atoms with Gasteiger partial charge in [-0.1, -0.05) is 22.8 Å². The van der Waals surface area contributed by atoms with Crippen LogP contribution in [0.3, 0.4) is 0 Å². The molecule has 3 rings (SSSR count). The van der Waals surface area contributed by atoms with Crippen molar-refractivity contribution in [3.05, 3.63) is 35.2 Å². The zero-order valence-corrected chi connectivity index (χ0v) is 11.7. The first kappa shape index (κ1) is 14.5. The highest BCUT2D eigenvalue weighted by Gasteiger charge is 2.23. The maximum atomic E-state index is 13.0. The zero-order chi connectivity index (χ0) is 15.7. The van der Waals surface area contributed by atoms with Crippen LogP contribution in [0.5, 0.6) is 0 Å². The Labute approximate surface area is 127 Å². The van der Waals surface area contributed by atoms with E-state index in [1.165, 1.54) is 4.57 Å². The molecule has 0 saturated heterocycles. The molecule has 0 radical (unpaired) electrons. The Morgan fingerprint density at radius 2 is 2.27 bits per heavy atom. The van der Waals surface area contributed by atoms with Crippen molar-refractivity contribution >= 4 is 28.7 Å². The molecule has 2 aromatic heterocycles. The van der Waals surface area contributed by atoms with Gasteiger partial charge in [0.15, 0.2) is 0 Å². The molecule has 0 atom stereocenters. The van der Waals surface area contributed by atoms with E-state index < -0.39 is 13.0 Å². The van der Waals surface area contributed by atoms with Gasteiger partial charge < -0.3 is 14.2 Å². The average molecular weight is 327 g/mol. The molecule has 0 amide bonds. The number of fused-ring (bicyclic) bond motifs is 1. The summed E-state index contributed by atoms with van der Waals surface area (Å²) in [6.07, 6.45) is -0.375. The Morgan fingerprint density at radius 3 is 2.91 bits per heavy atom. The summed E-state index contributed by atoms with van der Waals surface area (Å²) in [5.41, 5.74) is 1.09. The third kappa shape index (κ3) is 2.41. The van der Waals surface area contributed by atoms with E-state index in [9.17, 15) is 8.78 Å². The van der Waals surface area contributed by atoms with E-state index in [4.69, 9.17) is 21.2 Å². The number of hydrogen-bond acceptors (Lipinski definition) is 5.